The van der Waals surface area contributed by atoms with Crippen LogP contribution in [-0.2, 0) is 18.6 Å². The van der Waals surface area contributed by atoms with Gasteiger partial charge in [0, 0.05) is 12.5 Å². The number of rotatable bonds is 2. The van der Waals surface area contributed by atoms with Crippen LogP contribution in [0, 0.1) is 0 Å². The van der Waals surface area contributed by atoms with Crippen LogP contribution in [0.15, 0.2) is 48.5 Å². The fourth-order valence-electron chi connectivity index (χ4n) is 3.27. The predicted molar refractivity (Wildman–Crippen MR) is 106 cm³/mol. The molecule has 0 unspecified atom stereocenters. The van der Waals surface area contributed by atoms with E-state index in [4.69, 9.17) is 0 Å². The summed E-state index contributed by atoms with van der Waals surface area (Å²) in [5, 5.41) is 4.54. The summed E-state index contributed by atoms with van der Waals surface area (Å²) in [6.07, 6.45) is -4.42. The molecule has 0 fully saturated rings. The fourth-order valence-corrected chi connectivity index (χ4v) is 3.27. The number of alkyl halides is 3. The molecule has 0 radical (unpaired) electrons. The van der Waals surface area contributed by atoms with Crippen LogP contribution in [0.5, 0.6) is 0 Å². The Morgan fingerprint density at radius 2 is 1.67 bits per heavy atom. The van der Waals surface area contributed by atoms with E-state index in [9.17, 15) is 13.2 Å². The van der Waals surface area contributed by atoms with Gasteiger partial charge < -0.3 is 9.97 Å². The van der Waals surface area contributed by atoms with Gasteiger partial charge in [-0.1, -0.05) is 57.2 Å². The first kappa shape index (κ1) is 22.6. The van der Waals surface area contributed by atoms with Crippen molar-refractivity contribution in [2.75, 3.05) is 0 Å². The second-order valence-electron chi connectivity index (χ2n) is 8.08. The third-order valence-electron chi connectivity index (χ3n) is 4.85. The topological polar surface area (TPSA) is 44.8 Å². The van der Waals surface area contributed by atoms with E-state index in [-0.39, 0.29) is 40.5 Å². The van der Waals surface area contributed by atoms with E-state index in [1.54, 1.807) is 28.9 Å². The van der Waals surface area contributed by atoms with Crippen molar-refractivity contribution >= 4 is 11.0 Å². The Morgan fingerprint density at radius 3 is 2.30 bits per heavy atom. The van der Waals surface area contributed by atoms with Crippen molar-refractivity contribution in [3.8, 4) is 22.6 Å². The van der Waals surface area contributed by atoms with Gasteiger partial charge in [-0.15, -0.1) is 0 Å². The van der Waals surface area contributed by atoms with E-state index in [1.165, 1.54) is 12.1 Å². The van der Waals surface area contributed by atoms with Crippen LogP contribution in [0.4, 0.5) is 13.2 Å². The summed E-state index contributed by atoms with van der Waals surface area (Å²) in [6, 6.07) is 12.5. The quantitative estimate of drug-likeness (QED) is 0.469. The standard InChI is InChI=1S/C22H20F3N4.Na/c1-21(2,3)19-12-18(29(4)28-19)20-26-16-10-9-13(11-17(16)27-20)14-7-5-6-8-15(14)22(23,24)25;/h5-12H,1-4H3;/q-1;+1. The Hall–Kier alpha value is -2.09. The van der Waals surface area contributed by atoms with Gasteiger partial charge in [0.05, 0.1) is 17.0 Å². The normalized spacial score (nSPS) is 12.2. The van der Waals surface area contributed by atoms with Crippen molar-refractivity contribution in [2.45, 2.75) is 32.4 Å². The molecule has 0 saturated carbocycles. The van der Waals surface area contributed by atoms with Gasteiger partial charge in [-0.3, -0.25) is 4.68 Å². The average molecular weight is 420 g/mol. The molecular formula is C22H20F3N4Na. The molecule has 0 saturated heterocycles. The number of nitrogens with zero attached hydrogens (tertiary/aromatic N) is 4. The monoisotopic (exact) mass is 420 g/mol. The summed E-state index contributed by atoms with van der Waals surface area (Å²) in [5.41, 5.74) is 2.67. The Bertz CT molecular complexity index is 1200. The molecule has 4 nitrogen and oxygen atoms in total. The SMILES string of the molecule is Cn1nc(C(C)(C)C)cc1-c1nc2cc(-c3ccccc3C(F)(F)F)ccc2[n-]1.[Na+]. The molecule has 0 bridgehead atoms. The third kappa shape index (κ3) is 4.19. The van der Waals surface area contributed by atoms with E-state index >= 15 is 0 Å². The Morgan fingerprint density at radius 1 is 0.967 bits per heavy atom. The average Bonchev–Trinajstić information content (AvgIpc) is 3.23. The van der Waals surface area contributed by atoms with Gasteiger partial charge in [0.1, 0.15) is 0 Å². The molecule has 2 aromatic heterocycles. The van der Waals surface area contributed by atoms with E-state index in [1.807, 2.05) is 13.1 Å². The number of aryl methyl sites for hydroxylation is 1. The Kier molecular flexibility index (Phi) is 5.93. The molecule has 0 atom stereocenters. The molecule has 4 aromatic rings. The zero-order valence-electron chi connectivity index (χ0n) is 17.5. The van der Waals surface area contributed by atoms with Crippen molar-refractivity contribution in [1.82, 2.24) is 19.7 Å². The van der Waals surface area contributed by atoms with Crippen molar-refractivity contribution in [1.29, 1.82) is 0 Å². The minimum Gasteiger partial charge on any atom is -0.434 e. The van der Waals surface area contributed by atoms with Crippen LogP contribution < -0.4 is 34.5 Å². The Balaban J connectivity index is 0.00000256. The number of aromatic nitrogens is 4. The molecule has 0 aliphatic carbocycles. The molecule has 0 amide bonds. The maximum absolute atomic E-state index is 13.4. The van der Waals surface area contributed by atoms with Crippen molar-refractivity contribution in [3.63, 3.8) is 0 Å². The number of benzene rings is 2. The number of halogens is 3. The van der Waals surface area contributed by atoms with Gasteiger partial charge in [0.25, 0.3) is 0 Å². The minimum atomic E-state index is -4.42. The van der Waals surface area contributed by atoms with Gasteiger partial charge in [-0.05, 0) is 40.1 Å². The summed E-state index contributed by atoms with van der Waals surface area (Å²) in [5.74, 6) is 0.506. The summed E-state index contributed by atoms with van der Waals surface area (Å²) in [7, 11) is 1.83. The van der Waals surface area contributed by atoms with Crippen LogP contribution in [0.25, 0.3) is 33.7 Å². The summed E-state index contributed by atoms with van der Waals surface area (Å²) >= 11 is 0. The first-order chi connectivity index (χ1) is 13.5. The second-order valence-corrected chi connectivity index (χ2v) is 8.08. The smallest absolute Gasteiger partial charge is 0.434 e. The molecule has 8 heteroatoms. The van der Waals surface area contributed by atoms with Crippen molar-refractivity contribution in [3.05, 3.63) is 59.8 Å². The summed E-state index contributed by atoms with van der Waals surface area (Å²) in [4.78, 5) is 9.11. The number of fused-ring (bicyclic) bond motifs is 1. The van der Waals surface area contributed by atoms with Crippen LogP contribution in [0.3, 0.4) is 0 Å². The first-order valence-corrected chi connectivity index (χ1v) is 9.20. The molecule has 0 aliphatic rings. The molecular weight excluding hydrogens is 400 g/mol. The zero-order chi connectivity index (χ0) is 21.0. The number of hydrogen-bond donors (Lipinski definition) is 0. The number of hydrogen-bond acceptors (Lipinski definition) is 2. The maximum atomic E-state index is 13.4. The Labute approximate surface area is 194 Å². The molecule has 0 N–H and O–H groups in total. The molecule has 30 heavy (non-hydrogen) atoms. The summed E-state index contributed by atoms with van der Waals surface area (Å²) < 4.78 is 41.9. The molecule has 0 aliphatic heterocycles. The van der Waals surface area contributed by atoms with Crippen LogP contribution >= 0.6 is 0 Å². The van der Waals surface area contributed by atoms with Gasteiger partial charge in [-0.25, -0.2) is 0 Å². The second kappa shape index (κ2) is 7.87. The van der Waals surface area contributed by atoms with Crippen molar-refractivity contribution in [2.24, 2.45) is 7.05 Å². The minimum absolute atomic E-state index is 0. The van der Waals surface area contributed by atoms with Crippen LogP contribution in [0.2, 0.25) is 0 Å². The van der Waals surface area contributed by atoms with Crippen LogP contribution in [-0.4, -0.2) is 14.8 Å². The van der Waals surface area contributed by atoms with E-state index in [2.05, 4.69) is 35.8 Å². The maximum Gasteiger partial charge on any atom is 1.00 e. The predicted octanol–water partition coefficient (Wildman–Crippen LogP) is 2.58. The van der Waals surface area contributed by atoms with E-state index in [0.717, 1.165) is 17.5 Å². The van der Waals surface area contributed by atoms with Gasteiger partial charge >= 0.3 is 35.7 Å². The number of imidazole rings is 1. The molecule has 2 aromatic carbocycles. The third-order valence-corrected chi connectivity index (χ3v) is 4.85. The zero-order valence-corrected chi connectivity index (χ0v) is 19.5. The van der Waals surface area contributed by atoms with Gasteiger partial charge in [0.2, 0.25) is 0 Å². The molecule has 0 spiro atoms. The van der Waals surface area contributed by atoms with E-state index < -0.39 is 11.7 Å². The molecule has 4 rings (SSSR count). The van der Waals surface area contributed by atoms with Gasteiger partial charge in [-0.2, -0.15) is 18.3 Å². The molecule has 2 heterocycles. The largest absolute Gasteiger partial charge is 1.00 e. The van der Waals surface area contributed by atoms with Crippen LogP contribution in [0.1, 0.15) is 32.0 Å². The molecule has 150 valence electrons. The van der Waals surface area contributed by atoms with E-state index in [0.29, 0.717) is 22.4 Å². The fraction of sp³-hybridized carbons (Fsp3) is 0.273. The van der Waals surface area contributed by atoms with Crippen molar-refractivity contribution < 1.29 is 42.7 Å². The first-order valence-electron chi connectivity index (χ1n) is 9.20. The van der Waals surface area contributed by atoms with Gasteiger partial charge in [0.15, 0.2) is 0 Å². The summed E-state index contributed by atoms with van der Waals surface area (Å²) in [6.45, 7) is 6.23.